The number of sulfonamides is 1. The zero-order valence-corrected chi connectivity index (χ0v) is 19.5. The number of benzene rings is 2. The lowest BCUT2D eigenvalue weighted by Gasteiger charge is -2.30. The van der Waals surface area contributed by atoms with Crippen LogP contribution in [0.2, 0.25) is 0 Å². The third-order valence-electron chi connectivity index (χ3n) is 5.82. The SMILES string of the molecule is Cc1ccc(S(=O)(=O)NCCC(=O)Nc2ccc(CN3CCCC(C)C3)cc2)cc1C. The molecule has 1 aliphatic rings. The van der Waals surface area contributed by atoms with Crippen molar-refractivity contribution in [2.24, 2.45) is 5.92 Å². The predicted molar refractivity (Wildman–Crippen MR) is 124 cm³/mol. The Bertz CT molecular complexity index is 1000. The number of hydrogen-bond acceptors (Lipinski definition) is 4. The van der Waals surface area contributed by atoms with Crippen LogP contribution < -0.4 is 10.0 Å². The Labute approximate surface area is 186 Å². The van der Waals surface area contributed by atoms with Crippen LogP contribution >= 0.6 is 0 Å². The minimum absolute atomic E-state index is 0.0479. The van der Waals surface area contributed by atoms with Crippen molar-refractivity contribution in [2.75, 3.05) is 25.0 Å². The number of nitrogens with zero attached hydrogens (tertiary/aromatic N) is 1. The molecule has 1 atom stereocenters. The highest BCUT2D eigenvalue weighted by Crippen LogP contribution is 2.19. The molecule has 2 N–H and O–H groups in total. The Morgan fingerprint density at radius 1 is 1.10 bits per heavy atom. The molecule has 1 saturated heterocycles. The van der Waals surface area contributed by atoms with Gasteiger partial charge in [0.2, 0.25) is 15.9 Å². The van der Waals surface area contributed by atoms with E-state index in [4.69, 9.17) is 0 Å². The van der Waals surface area contributed by atoms with Gasteiger partial charge in [0.05, 0.1) is 4.90 Å². The summed E-state index contributed by atoms with van der Waals surface area (Å²) in [5, 5.41) is 2.84. The van der Waals surface area contributed by atoms with E-state index < -0.39 is 10.0 Å². The molecule has 2 aromatic carbocycles. The first-order valence-electron chi connectivity index (χ1n) is 10.9. The molecule has 7 heteroatoms. The summed E-state index contributed by atoms with van der Waals surface area (Å²) in [5.41, 5.74) is 3.90. The number of amides is 1. The van der Waals surface area contributed by atoms with Crippen molar-refractivity contribution >= 4 is 21.6 Å². The monoisotopic (exact) mass is 443 g/mol. The fourth-order valence-electron chi connectivity index (χ4n) is 3.87. The van der Waals surface area contributed by atoms with Crippen molar-refractivity contribution in [2.45, 2.75) is 51.5 Å². The molecular formula is C24H33N3O3S. The van der Waals surface area contributed by atoms with E-state index in [1.54, 1.807) is 18.2 Å². The van der Waals surface area contributed by atoms with Crippen LogP contribution in [-0.2, 0) is 21.4 Å². The minimum atomic E-state index is -3.63. The van der Waals surface area contributed by atoms with Crippen molar-refractivity contribution in [1.29, 1.82) is 0 Å². The van der Waals surface area contributed by atoms with Crippen LogP contribution in [-0.4, -0.2) is 38.9 Å². The molecule has 0 spiro atoms. The third kappa shape index (κ3) is 6.89. The number of aryl methyl sites for hydroxylation is 2. The maximum Gasteiger partial charge on any atom is 0.240 e. The quantitative estimate of drug-likeness (QED) is 0.650. The molecule has 6 nitrogen and oxygen atoms in total. The maximum absolute atomic E-state index is 12.4. The molecular weight excluding hydrogens is 410 g/mol. The van der Waals surface area contributed by atoms with Crippen molar-refractivity contribution in [3.05, 3.63) is 59.2 Å². The fourth-order valence-corrected chi connectivity index (χ4v) is 4.99. The Morgan fingerprint density at radius 3 is 2.52 bits per heavy atom. The first kappa shape index (κ1) is 23.4. The van der Waals surface area contributed by atoms with Gasteiger partial charge in [0.25, 0.3) is 0 Å². The molecule has 168 valence electrons. The maximum atomic E-state index is 12.4. The summed E-state index contributed by atoms with van der Waals surface area (Å²) in [6, 6.07) is 12.9. The normalized spacial score (nSPS) is 17.5. The number of likely N-dealkylation sites (tertiary alicyclic amines) is 1. The molecule has 1 heterocycles. The van der Waals surface area contributed by atoms with Crippen LogP contribution in [0.4, 0.5) is 5.69 Å². The van der Waals surface area contributed by atoms with Gasteiger partial charge in [-0.2, -0.15) is 0 Å². The van der Waals surface area contributed by atoms with E-state index in [0.29, 0.717) is 0 Å². The lowest BCUT2D eigenvalue weighted by Crippen LogP contribution is -2.33. The standard InChI is InChI=1S/C24H33N3O3S/c1-18-5-4-14-27(16-18)17-21-7-9-22(10-8-21)26-24(28)12-13-25-31(29,30)23-11-6-19(2)20(3)15-23/h6-11,15,18,25H,4-5,12-14,16-17H2,1-3H3,(H,26,28). The second-order valence-corrected chi connectivity index (χ2v) is 10.4. The van der Waals surface area contributed by atoms with Gasteiger partial charge in [-0.25, -0.2) is 13.1 Å². The number of carbonyl (C=O) groups excluding carboxylic acids is 1. The second kappa shape index (κ2) is 10.4. The first-order chi connectivity index (χ1) is 14.7. The molecule has 0 aliphatic carbocycles. The molecule has 2 aromatic rings. The molecule has 3 rings (SSSR count). The summed E-state index contributed by atoms with van der Waals surface area (Å²) in [5.74, 6) is 0.528. The fraction of sp³-hybridized carbons (Fsp3) is 0.458. The van der Waals surface area contributed by atoms with Gasteiger partial charge in [0.15, 0.2) is 0 Å². The van der Waals surface area contributed by atoms with Crippen molar-refractivity contribution in [1.82, 2.24) is 9.62 Å². The Hall–Kier alpha value is -2.22. The van der Waals surface area contributed by atoms with Gasteiger partial charge in [-0.3, -0.25) is 9.69 Å². The number of nitrogens with one attached hydrogen (secondary N) is 2. The van der Waals surface area contributed by atoms with Crippen molar-refractivity contribution in [3.8, 4) is 0 Å². The molecule has 1 amide bonds. The summed E-state index contributed by atoms with van der Waals surface area (Å²) in [6.45, 7) is 9.36. The molecule has 1 fully saturated rings. The first-order valence-corrected chi connectivity index (χ1v) is 12.4. The highest BCUT2D eigenvalue weighted by Gasteiger charge is 2.17. The minimum Gasteiger partial charge on any atom is -0.326 e. The Balaban J connectivity index is 1.45. The molecule has 0 bridgehead atoms. The van der Waals surface area contributed by atoms with Crippen LogP contribution in [0.15, 0.2) is 47.4 Å². The van der Waals surface area contributed by atoms with Crippen LogP contribution in [0.25, 0.3) is 0 Å². The van der Waals surface area contributed by atoms with E-state index >= 15 is 0 Å². The summed E-state index contributed by atoms with van der Waals surface area (Å²) < 4.78 is 27.3. The Kier molecular flexibility index (Phi) is 7.86. The Morgan fingerprint density at radius 2 is 1.84 bits per heavy atom. The largest absolute Gasteiger partial charge is 0.326 e. The van der Waals surface area contributed by atoms with Crippen LogP contribution in [0, 0.1) is 19.8 Å². The zero-order chi connectivity index (χ0) is 22.4. The van der Waals surface area contributed by atoms with Gasteiger partial charge in [-0.1, -0.05) is 25.1 Å². The van der Waals surface area contributed by atoms with Crippen LogP contribution in [0.5, 0.6) is 0 Å². The van der Waals surface area contributed by atoms with E-state index in [0.717, 1.165) is 42.4 Å². The lowest BCUT2D eigenvalue weighted by atomic mass is 10.00. The number of anilines is 1. The number of piperidine rings is 1. The van der Waals surface area contributed by atoms with Gasteiger partial charge in [-0.05, 0) is 80.1 Å². The molecule has 0 radical (unpaired) electrons. The third-order valence-corrected chi connectivity index (χ3v) is 7.28. The summed E-state index contributed by atoms with van der Waals surface area (Å²) in [6.07, 6.45) is 2.63. The topological polar surface area (TPSA) is 78.5 Å². The predicted octanol–water partition coefficient (Wildman–Crippen LogP) is 3.84. The number of carbonyl (C=O) groups is 1. The molecule has 1 aliphatic heterocycles. The van der Waals surface area contributed by atoms with E-state index in [1.807, 2.05) is 38.1 Å². The van der Waals surface area contributed by atoms with Gasteiger partial charge in [0, 0.05) is 31.7 Å². The van der Waals surface area contributed by atoms with Gasteiger partial charge in [0.1, 0.15) is 0 Å². The highest BCUT2D eigenvalue weighted by atomic mass is 32.2. The van der Waals surface area contributed by atoms with E-state index in [9.17, 15) is 13.2 Å². The van der Waals surface area contributed by atoms with E-state index in [2.05, 4.69) is 21.9 Å². The van der Waals surface area contributed by atoms with E-state index in [1.165, 1.54) is 18.4 Å². The van der Waals surface area contributed by atoms with Gasteiger partial charge in [-0.15, -0.1) is 0 Å². The number of rotatable bonds is 8. The van der Waals surface area contributed by atoms with Crippen molar-refractivity contribution < 1.29 is 13.2 Å². The van der Waals surface area contributed by atoms with Gasteiger partial charge < -0.3 is 5.32 Å². The highest BCUT2D eigenvalue weighted by molar-refractivity contribution is 7.89. The van der Waals surface area contributed by atoms with Crippen molar-refractivity contribution in [3.63, 3.8) is 0 Å². The molecule has 1 unspecified atom stereocenters. The zero-order valence-electron chi connectivity index (χ0n) is 18.6. The van der Waals surface area contributed by atoms with Crippen LogP contribution in [0.1, 0.15) is 42.9 Å². The second-order valence-electron chi connectivity index (χ2n) is 8.62. The molecule has 0 aromatic heterocycles. The summed E-state index contributed by atoms with van der Waals surface area (Å²) >= 11 is 0. The van der Waals surface area contributed by atoms with Crippen LogP contribution in [0.3, 0.4) is 0 Å². The van der Waals surface area contributed by atoms with Gasteiger partial charge >= 0.3 is 0 Å². The summed E-state index contributed by atoms with van der Waals surface area (Å²) in [4.78, 5) is 14.9. The lowest BCUT2D eigenvalue weighted by molar-refractivity contribution is -0.116. The molecule has 0 saturated carbocycles. The smallest absolute Gasteiger partial charge is 0.240 e. The summed E-state index contributed by atoms with van der Waals surface area (Å²) in [7, 11) is -3.63. The number of hydrogen-bond donors (Lipinski definition) is 2. The molecule has 31 heavy (non-hydrogen) atoms. The van der Waals surface area contributed by atoms with E-state index in [-0.39, 0.29) is 23.8 Å². The average Bonchev–Trinajstić information content (AvgIpc) is 2.71. The average molecular weight is 444 g/mol.